The number of fused-ring (bicyclic) bond motifs is 2. The van der Waals surface area contributed by atoms with Crippen molar-refractivity contribution >= 4 is 24.0 Å². The highest BCUT2D eigenvalue weighted by atomic mass is 127. The Hall–Kier alpha value is -1.03. The van der Waals surface area contributed by atoms with Gasteiger partial charge in [-0.15, -0.1) is 24.0 Å². The second kappa shape index (κ2) is 9.84. The molecule has 1 aliphatic rings. The lowest BCUT2D eigenvalue weighted by molar-refractivity contribution is 0.460. The van der Waals surface area contributed by atoms with Gasteiger partial charge in [0.15, 0.2) is 0 Å². The zero-order chi connectivity index (χ0) is 13.4. The maximum Gasteiger partial charge on any atom is 0.130 e. The minimum absolute atomic E-state index is 0. The van der Waals surface area contributed by atoms with Crippen molar-refractivity contribution in [3.05, 3.63) is 59.7 Å². The molecule has 0 aromatic heterocycles. The maximum absolute atomic E-state index is 5.78. The largest absolute Gasteiger partial charge is 0.457 e. The van der Waals surface area contributed by atoms with E-state index in [2.05, 4.69) is 24.3 Å². The van der Waals surface area contributed by atoms with Crippen LogP contribution in [0.1, 0.15) is 38.8 Å². The topological polar surface area (TPSA) is 9.23 Å². The summed E-state index contributed by atoms with van der Waals surface area (Å²) in [6.07, 6.45) is 0.979. The zero-order valence-electron chi connectivity index (χ0n) is 12.1. The summed E-state index contributed by atoms with van der Waals surface area (Å²) < 4.78 is 5.78. The van der Waals surface area contributed by atoms with E-state index in [4.69, 9.17) is 4.74 Å². The Labute approximate surface area is 134 Å². The van der Waals surface area contributed by atoms with Gasteiger partial charge in [0.05, 0.1) is 0 Å². The predicted octanol–water partition coefficient (Wildman–Crippen LogP) is 6.05. The molecular formula is C17H23IO. The monoisotopic (exact) mass is 370 g/mol. The Kier molecular flexibility index (Phi) is 9.31. The Balaban J connectivity index is 0.000000597. The molecule has 0 fully saturated rings. The molecule has 3 rings (SSSR count). The van der Waals surface area contributed by atoms with Crippen LogP contribution in [0.4, 0.5) is 0 Å². The van der Waals surface area contributed by atoms with Crippen LogP contribution in [-0.4, -0.2) is 0 Å². The average molecular weight is 370 g/mol. The molecule has 19 heavy (non-hydrogen) atoms. The molecular weight excluding hydrogens is 347 g/mol. The lowest BCUT2D eigenvalue weighted by Gasteiger charge is -2.19. The highest BCUT2D eigenvalue weighted by molar-refractivity contribution is 14.0. The van der Waals surface area contributed by atoms with Gasteiger partial charge in [-0.3, -0.25) is 0 Å². The van der Waals surface area contributed by atoms with Crippen LogP contribution in [0.3, 0.4) is 0 Å². The summed E-state index contributed by atoms with van der Waals surface area (Å²) in [5.74, 6) is 1.98. The summed E-state index contributed by atoms with van der Waals surface area (Å²) >= 11 is 0. The van der Waals surface area contributed by atoms with Gasteiger partial charge in [-0.2, -0.15) is 0 Å². The van der Waals surface area contributed by atoms with E-state index in [0.717, 1.165) is 17.9 Å². The lowest BCUT2D eigenvalue weighted by Crippen LogP contribution is -2.01. The van der Waals surface area contributed by atoms with Gasteiger partial charge in [0.2, 0.25) is 0 Å². The van der Waals surface area contributed by atoms with E-state index in [1.165, 1.54) is 11.1 Å². The van der Waals surface area contributed by atoms with E-state index in [0.29, 0.717) is 0 Å². The van der Waals surface area contributed by atoms with Crippen molar-refractivity contribution in [1.82, 2.24) is 0 Å². The SMILES string of the molecule is CC.CC.I.c1ccc2c(c1)Cc1ccccc1O2. The molecule has 0 amide bonds. The van der Waals surface area contributed by atoms with Crippen molar-refractivity contribution in [2.45, 2.75) is 34.1 Å². The van der Waals surface area contributed by atoms with Gasteiger partial charge in [0, 0.05) is 6.42 Å². The van der Waals surface area contributed by atoms with Crippen LogP contribution in [0, 0.1) is 0 Å². The van der Waals surface area contributed by atoms with Crippen LogP contribution in [-0.2, 0) is 6.42 Å². The molecule has 0 unspecified atom stereocenters. The minimum atomic E-state index is 0. The quantitative estimate of drug-likeness (QED) is 0.438. The van der Waals surface area contributed by atoms with Gasteiger partial charge < -0.3 is 4.74 Å². The molecule has 0 spiro atoms. The van der Waals surface area contributed by atoms with E-state index >= 15 is 0 Å². The van der Waals surface area contributed by atoms with Crippen LogP contribution in [0.5, 0.6) is 11.5 Å². The van der Waals surface area contributed by atoms with Crippen LogP contribution >= 0.6 is 24.0 Å². The van der Waals surface area contributed by atoms with Crippen molar-refractivity contribution in [2.24, 2.45) is 0 Å². The maximum atomic E-state index is 5.78. The summed E-state index contributed by atoms with van der Waals surface area (Å²) in [5.41, 5.74) is 2.54. The van der Waals surface area contributed by atoms with Crippen LogP contribution in [0.25, 0.3) is 0 Å². The first-order valence-electron chi connectivity index (χ1n) is 6.77. The van der Waals surface area contributed by atoms with Crippen LogP contribution < -0.4 is 4.74 Å². The molecule has 2 aromatic rings. The molecule has 104 valence electrons. The third-order valence-corrected chi connectivity index (χ3v) is 2.55. The van der Waals surface area contributed by atoms with E-state index in [-0.39, 0.29) is 24.0 Å². The van der Waals surface area contributed by atoms with Crippen molar-refractivity contribution in [3.63, 3.8) is 0 Å². The van der Waals surface area contributed by atoms with Gasteiger partial charge in [0.25, 0.3) is 0 Å². The smallest absolute Gasteiger partial charge is 0.130 e. The molecule has 0 N–H and O–H groups in total. The van der Waals surface area contributed by atoms with Crippen LogP contribution in [0.15, 0.2) is 48.5 Å². The van der Waals surface area contributed by atoms with E-state index < -0.39 is 0 Å². The second-order valence-corrected chi connectivity index (χ2v) is 3.49. The standard InChI is InChI=1S/C13H10O.2C2H6.HI/c1-3-7-12-10(5-1)9-11-6-2-4-8-13(11)14-12;2*1-2;/h1-8H,9H2;2*1-2H3;1H. The number of hydrogen-bond donors (Lipinski definition) is 0. The Morgan fingerprint density at radius 1 is 0.684 bits per heavy atom. The van der Waals surface area contributed by atoms with Gasteiger partial charge in [0.1, 0.15) is 11.5 Å². The molecule has 0 atom stereocenters. The predicted molar refractivity (Wildman–Crippen MR) is 93.9 cm³/mol. The van der Waals surface area contributed by atoms with E-state index in [9.17, 15) is 0 Å². The van der Waals surface area contributed by atoms with Crippen molar-refractivity contribution < 1.29 is 4.74 Å². The number of benzene rings is 2. The summed E-state index contributed by atoms with van der Waals surface area (Å²) in [6.45, 7) is 8.00. The summed E-state index contributed by atoms with van der Waals surface area (Å²) in [5, 5.41) is 0. The van der Waals surface area contributed by atoms with Crippen LogP contribution in [0.2, 0.25) is 0 Å². The molecule has 1 nitrogen and oxygen atoms in total. The zero-order valence-corrected chi connectivity index (χ0v) is 14.5. The van der Waals surface area contributed by atoms with E-state index in [1.54, 1.807) is 0 Å². The minimum Gasteiger partial charge on any atom is -0.457 e. The molecule has 1 heterocycles. The molecule has 2 aromatic carbocycles. The molecule has 0 saturated carbocycles. The first-order chi connectivity index (χ1) is 8.93. The van der Waals surface area contributed by atoms with Crippen molar-refractivity contribution in [1.29, 1.82) is 0 Å². The summed E-state index contributed by atoms with van der Waals surface area (Å²) in [6, 6.07) is 16.4. The van der Waals surface area contributed by atoms with Crippen molar-refractivity contribution in [3.8, 4) is 11.5 Å². The molecule has 0 bridgehead atoms. The van der Waals surface area contributed by atoms with Crippen molar-refractivity contribution in [2.75, 3.05) is 0 Å². The first-order valence-corrected chi connectivity index (χ1v) is 6.77. The fourth-order valence-corrected chi connectivity index (χ4v) is 1.82. The molecule has 0 radical (unpaired) electrons. The molecule has 0 aliphatic carbocycles. The van der Waals surface area contributed by atoms with Gasteiger partial charge in [-0.05, 0) is 23.3 Å². The second-order valence-electron chi connectivity index (χ2n) is 3.49. The first kappa shape index (κ1) is 18.0. The fraction of sp³-hybridized carbons (Fsp3) is 0.294. The van der Waals surface area contributed by atoms with E-state index in [1.807, 2.05) is 52.0 Å². The third-order valence-electron chi connectivity index (χ3n) is 2.55. The Bertz CT molecular complexity index is 393. The molecule has 0 saturated heterocycles. The summed E-state index contributed by atoms with van der Waals surface area (Å²) in [7, 11) is 0. The molecule has 2 heteroatoms. The van der Waals surface area contributed by atoms with Gasteiger partial charge >= 0.3 is 0 Å². The lowest BCUT2D eigenvalue weighted by atomic mass is 10.0. The number of para-hydroxylation sites is 2. The summed E-state index contributed by atoms with van der Waals surface area (Å²) in [4.78, 5) is 0. The number of hydrogen-bond acceptors (Lipinski definition) is 1. The number of ether oxygens (including phenoxy) is 1. The average Bonchev–Trinajstić information content (AvgIpc) is 2.49. The number of halogens is 1. The third kappa shape index (κ3) is 4.53. The Morgan fingerprint density at radius 3 is 1.47 bits per heavy atom. The highest BCUT2D eigenvalue weighted by Gasteiger charge is 2.14. The highest BCUT2D eigenvalue weighted by Crippen LogP contribution is 2.35. The normalized spacial score (nSPS) is 9.89. The van der Waals surface area contributed by atoms with Gasteiger partial charge in [-0.25, -0.2) is 0 Å². The molecule has 1 aliphatic heterocycles. The number of rotatable bonds is 0. The Morgan fingerprint density at radius 2 is 1.05 bits per heavy atom. The van der Waals surface area contributed by atoms with Gasteiger partial charge in [-0.1, -0.05) is 64.1 Å². The fourth-order valence-electron chi connectivity index (χ4n) is 1.82.